The molecule has 3 rings (SSSR count). The molecule has 1 aromatic rings. The number of nitriles is 1. The predicted molar refractivity (Wildman–Crippen MR) is 83.2 cm³/mol. The van der Waals surface area contributed by atoms with E-state index in [1.165, 1.54) is 12.1 Å². The Hall–Kier alpha value is -2.94. The van der Waals surface area contributed by atoms with E-state index in [9.17, 15) is 20.2 Å². The zero-order valence-corrected chi connectivity index (χ0v) is 12.6. The molecule has 1 aliphatic heterocycles. The third kappa shape index (κ3) is 2.50. The van der Waals surface area contributed by atoms with Crippen LogP contribution in [0.3, 0.4) is 0 Å². The molecule has 1 N–H and O–H groups in total. The van der Waals surface area contributed by atoms with Gasteiger partial charge < -0.3 is 5.32 Å². The molecule has 0 amide bonds. The maximum absolute atomic E-state index is 12.4. The number of nitrogens with one attached hydrogen (secondary N) is 1. The average molecular weight is 309 g/mol. The molecule has 0 fully saturated rings. The van der Waals surface area contributed by atoms with E-state index in [2.05, 4.69) is 11.4 Å². The minimum Gasteiger partial charge on any atom is -0.361 e. The first kappa shape index (κ1) is 15.0. The number of benzene rings is 1. The lowest BCUT2D eigenvalue weighted by molar-refractivity contribution is -0.384. The third-order valence-corrected chi connectivity index (χ3v) is 4.31. The first-order valence-electron chi connectivity index (χ1n) is 7.41. The monoisotopic (exact) mass is 309 g/mol. The highest BCUT2D eigenvalue weighted by Gasteiger charge is 2.36. The van der Waals surface area contributed by atoms with Gasteiger partial charge in [-0.3, -0.25) is 14.9 Å². The van der Waals surface area contributed by atoms with Crippen LogP contribution in [0.4, 0.5) is 5.69 Å². The smallest absolute Gasteiger partial charge is 0.269 e. The molecule has 0 spiro atoms. The van der Waals surface area contributed by atoms with Gasteiger partial charge in [0.2, 0.25) is 0 Å². The van der Waals surface area contributed by atoms with E-state index in [0.717, 1.165) is 18.5 Å². The SMILES string of the molecule is CC1=C(C#N)[C@@H](c2cccc([N+](=O)[O-])c2)C2=C(CCCC2=O)N1. The Labute approximate surface area is 133 Å². The van der Waals surface area contributed by atoms with E-state index in [0.29, 0.717) is 28.8 Å². The topological polar surface area (TPSA) is 96.0 Å². The van der Waals surface area contributed by atoms with Crippen molar-refractivity contribution < 1.29 is 9.72 Å². The highest BCUT2D eigenvalue weighted by Crippen LogP contribution is 2.42. The molecule has 1 aliphatic carbocycles. The first-order chi connectivity index (χ1) is 11.0. The fourth-order valence-corrected chi connectivity index (χ4v) is 3.28. The highest BCUT2D eigenvalue weighted by molar-refractivity contribution is 5.99. The van der Waals surface area contributed by atoms with Gasteiger partial charge in [0.1, 0.15) is 0 Å². The number of allylic oxidation sites excluding steroid dienone is 4. The molecular weight excluding hydrogens is 294 g/mol. The number of nitro benzene ring substituents is 1. The van der Waals surface area contributed by atoms with Crippen molar-refractivity contribution in [2.75, 3.05) is 0 Å². The third-order valence-electron chi connectivity index (χ3n) is 4.31. The Morgan fingerprint density at radius 2 is 2.17 bits per heavy atom. The first-order valence-corrected chi connectivity index (χ1v) is 7.41. The van der Waals surface area contributed by atoms with Gasteiger partial charge in [-0.1, -0.05) is 12.1 Å². The summed E-state index contributed by atoms with van der Waals surface area (Å²) in [4.78, 5) is 23.0. The Kier molecular flexibility index (Phi) is 3.70. The summed E-state index contributed by atoms with van der Waals surface area (Å²) in [5.74, 6) is -0.514. The lowest BCUT2D eigenvalue weighted by Gasteiger charge is -2.32. The van der Waals surface area contributed by atoms with Crippen LogP contribution in [0, 0.1) is 21.4 Å². The van der Waals surface area contributed by atoms with Gasteiger partial charge in [-0.2, -0.15) is 5.26 Å². The van der Waals surface area contributed by atoms with Crippen molar-refractivity contribution in [3.05, 3.63) is 62.5 Å². The fourth-order valence-electron chi connectivity index (χ4n) is 3.28. The molecule has 2 aliphatic rings. The minimum atomic E-state index is -0.524. The maximum Gasteiger partial charge on any atom is 0.269 e. The van der Waals surface area contributed by atoms with Crippen LogP contribution in [0.5, 0.6) is 0 Å². The number of nitrogens with zero attached hydrogens (tertiary/aromatic N) is 2. The van der Waals surface area contributed by atoms with Gasteiger partial charge in [0.25, 0.3) is 5.69 Å². The second kappa shape index (κ2) is 5.69. The molecule has 116 valence electrons. The average Bonchev–Trinajstić information content (AvgIpc) is 2.54. The van der Waals surface area contributed by atoms with Gasteiger partial charge in [0, 0.05) is 35.5 Å². The molecule has 1 aromatic carbocycles. The van der Waals surface area contributed by atoms with Crippen LogP contribution < -0.4 is 5.32 Å². The van der Waals surface area contributed by atoms with Crippen molar-refractivity contribution in [2.24, 2.45) is 0 Å². The second-order valence-corrected chi connectivity index (χ2v) is 5.73. The van der Waals surface area contributed by atoms with Crippen LogP contribution in [0.15, 0.2) is 46.8 Å². The minimum absolute atomic E-state index is 0.00973. The Morgan fingerprint density at radius 1 is 1.39 bits per heavy atom. The highest BCUT2D eigenvalue weighted by atomic mass is 16.6. The summed E-state index contributed by atoms with van der Waals surface area (Å²) in [5, 5.41) is 23.7. The summed E-state index contributed by atoms with van der Waals surface area (Å²) >= 11 is 0. The standard InChI is InChI=1S/C17H15N3O3/c1-10-13(9-18)16(11-4-2-5-12(8-11)20(22)23)17-14(19-10)6-3-7-15(17)21/h2,4-5,8,16,19H,3,6-7H2,1H3/t16-/m1/s1. The summed E-state index contributed by atoms with van der Waals surface area (Å²) in [6.45, 7) is 1.80. The Balaban J connectivity index is 2.19. The van der Waals surface area contributed by atoms with E-state index in [1.807, 2.05) is 0 Å². The molecule has 0 unspecified atom stereocenters. The van der Waals surface area contributed by atoms with Gasteiger partial charge in [-0.15, -0.1) is 0 Å². The van der Waals surface area contributed by atoms with Gasteiger partial charge in [0.05, 0.1) is 22.5 Å². The van der Waals surface area contributed by atoms with E-state index in [1.54, 1.807) is 19.1 Å². The molecule has 6 nitrogen and oxygen atoms in total. The van der Waals surface area contributed by atoms with Crippen LogP contribution in [0.1, 0.15) is 37.7 Å². The zero-order chi connectivity index (χ0) is 16.6. The molecule has 0 aromatic heterocycles. The van der Waals surface area contributed by atoms with Crippen LogP contribution in [-0.2, 0) is 4.79 Å². The summed E-state index contributed by atoms with van der Waals surface area (Å²) < 4.78 is 0. The number of hydrogen-bond donors (Lipinski definition) is 1. The molecule has 0 saturated carbocycles. The van der Waals surface area contributed by atoms with E-state index in [4.69, 9.17) is 0 Å². The quantitative estimate of drug-likeness (QED) is 0.669. The Bertz CT molecular complexity index is 815. The lowest BCUT2D eigenvalue weighted by Crippen LogP contribution is -2.31. The number of nitro groups is 1. The van der Waals surface area contributed by atoms with E-state index >= 15 is 0 Å². The number of carbonyl (C=O) groups excluding carboxylic acids is 1. The largest absolute Gasteiger partial charge is 0.361 e. The predicted octanol–water partition coefficient (Wildman–Crippen LogP) is 3.09. The van der Waals surface area contributed by atoms with Crippen LogP contribution in [-0.4, -0.2) is 10.7 Å². The molecule has 1 atom stereocenters. The molecule has 0 bridgehead atoms. The fraction of sp³-hybridized carbons (Fsp3) is 0.294. The van der Waals surface area contributed by atoms with Crippen LogP contribution in [0.2, 0.25) is 0 Å². The van der Waals surface area contributed by atoms with Crippen molar-refractivity contribution in [1.82, 2.24) is 5.32 Å². The van der Waals surface area contributed by atoms with Gasteiger partial charge in [0.15, 0.2) is 5.78 Å². The summed E-state index contributed by atoms with van der Waals surface area (Å²) in [5.41, 5.74) is 3.14. The molecule has 23 heavy (non-hydrogen) atoms. The number of ketones is 1. The van der Waals surface area contributed by atoms with Crippen molar-refractivity contribution >= 4 is 11.5 Å². The van der Waals surface area contributed by atoms with Gasteiger partial charge >= 0.3 is 0 Å². The second-order valence-electron chi connectivity index (χ2n) is 5.73. The number of carbonyl (C=O) groups is 1. The van der Waals surface area contributed by atoms with E-state index in [-0.39, 0.29) is 11.5 Å². The van der Waals surface area contributed by atoms with Crippen molar-refractivity contribution in [3.63, 3.8) is 0 Å². The summed E-state index contributed by atoms with van der Waals surface area (Å²) in [7, 11) is 0. The van der Waals surface area contributed by atoms with Crippen LogP contribution >= 0.6 is 0 Å². The zero-order valence-electron chi connectivity index (χ0n) is 12.6. The lowest BCUT2D eigenvalue weighted by atomic mass is 9.75. The summed E-state index contributed by atoms with van der Waals surface area (Å²) in [6, 6.07) is 8.35. The molecule has 0 saturated heterocycles. The maximum atomic E-state index is 12.4. The van der Waals surface area contributed by atoms with Crippen molar-refractivity contribution in [2.45, 2.75) is 32.1 Å². The normalized spacial score (nSPS) is 20.7. The number of dihydropyridines is 1. The molecule has 1 heterocycles. The van der Waals surface area contributed by atoms with Gasteiger partial charge in [-0.25, -0.2) is 0 Å². The number of Topliss-reactive ketones (excluding diaryl/α,β-unsaturated/α-hetero) is 1. The molecular formula is C17H15N3O3. The number of rotatable bonds is 2. The Morgan fingerprint density at radius 3 is 2.87 bits per heavy atom. The number of hydrogen-bond acceptors (Lipinski definition) is 5. The van der Waals surface area contributed by atoms with Crippen LogP contribution in [0.25, 0.3) is 0 Å². The molecule has 0 radical (unpaired) electrons. The molecule has 6 heteroatoms. The summed E-state index contributed by atoms with van der Waals surface area (Å²) in [6.07, 6.45) is 1.98. The van der Waals surface area contributed by atoms with E-state index < -0.39 is 10.8 Å². The number of non-ortho nitro benzene ring substituents is 1. The van der Waals surface area contributed by atoms with Crippen molar-refractivity contribution in [1.29, 1.82) is 5.26 Å². The van der Waals surface area contributed by atoms with Crippen molar-refractivity contribution in [3.8, 4) is 6.07 Å². The van der Waals surface area contributed by atoms with Gasteiger partial charge in [-0.05, 0) is 25.3 Å².